The summed E-state index contributed by atoms with van der Waals surface area (Å²) in [6.45, 7) is 7.57. The number of hydrogen-bond donors (Lipinski definition) is 1. The van der Waals surface area contributed by atoms with Crippen molar-refractivity contribution in [2.75, 3.05) is 19.7 Å². The van der Waals surface area contributed by atoms with Crippen LogP contribution in [0.2, 0.25) is 0 Å². The van der Waals surface area contributed by atoms with Crippen molar-refractivity contribution in [3.05, 3.63) is 0 Å². The molecule has 1 aliphatic rings. The van der Waals surface area contributed by atoms with E-state index in [1.807, 2.05) is 0 Å². The molecule has 0 amide bonds. The van der Waals surface area contributed by atoms with Crippen LogP contribution in [0.1, 0.15) is 65.2 Å². The number of rotatable bonds is 9. The molecule has 0 heterocycles. The van der Waals surface area contributed by atoms with E-state index in [1.54, 1.807) is 0 Å². The Morgan fingerprint density at radius 2 is 1.94 bits per heavy atom. The van der Waals surface area contributed by atoms with Crippen molar-refractivity contribution < 1.29 is 4.74 Å². The molecule has 0 bridgehead atoms. The molecule has 1 atom stereocenters. The van der Waals surface area contributed by atoms with E-state index in [9.17, 15) is 0 Å². The Morgan fingerprint density at radius 1 is 1.18 bits per heavy atom. The van der Waals surface area contributed by atoms with Gasteiger partial charge in [-0.05, 0) is 38.6 Å². The molecule has 0 radical (unpaired) electrons. The Morgan fingerprint density at radius 3 is 2.65 bits per heavy atom. The van der Waals surface area contributed by atoms with E-state index in [2.05, 4.69) is 19.2 Å². The van der Waals surface area contributed by atoms with E-state index < -0.39 is 0 Å². The maximum atomic E-state index is 5.93. The van der Waals surface area contributed by atoms with E-state index >= 15 is 0 Å². The average molecular weight is 241 g/mol. The van der Waals surface area contributed by atoms with Crippen molar-refractivity contribution >= 4 is 0 Å². The highest BCUT2D eigenvalue weighted by atomic mass is 16.5. The largest absolute Gasteiger partial charge is 0.377 e. The number of unbranched alkanes of at least 4 members (excludes halogenated alkanes) is 2. The van der Waals surface area contributed by atoms with Crippen LogP contribution in [0, 0.1) is 5.92 Å². The Bertz CT molecular complexity index is 166. The first-order valence-corrected chi connectivity index (χ1v) is 7.65. The third-order valence-electron chi connectivity index (χ3n) is 3.73. The predicted molar refractivity (Wildman–Crippen MR) is 74.4 cm³/mol. The van der Waals surface area contributed by atoms with Gasteiger partial charge in [0, 0.05) is 13.2 Å². The Hall–Kier alpha value is -0.0800. The monoisotopic (exact) mass is 241 g/mol. The molecular weight excluding hydrogens is 210 g/mol. The molecule has 0 aliphatic heterocycles. The molecule has 102 valence electrons. The fourth-order valence-electron chi connectivity index (χ4n) is 2.52. The zero-order valence-corrected chi connectivity index (χ0v) is 11.8. The summed E-state index contributed by atoms with van der Waals surface area (Å²) in [5.74, 6) is 0.839. The maximum Gasteiger partial charge on any atom is 0.0671 e. The molecule has 1 unspecified atom stereocenters. The van der Waals surface area contributed by atoms with E-state index in [1.165, 1.54) is 51.4 Å². The quantitative estimate of drug-likeness (QED) is 0.621. The van der Waals surface area contributed by atoms with Crippen molar-refractivity contribution in [3.63, 3.8) is 0 Å². The minimum Gasteiger partial charge on any atom is -0.377 e. The van der Waals surface area contributed by atoms with Gasteiger partial charge in [0.25, 0.3) is 0 Å². The highest BCUT2D eigenvalue weighted by Gasteiger charge is 2.14. The summed E-state index contributed by atoms with van der Waals surface area (Å²) in [6.07, 6.45) is 11.3. The lowest BCUT2D eigenvalue weighted by Gasteiger charge is -2.23. The molecule has 0 aromatic carbocycles. The Balaban J connectivity index is 1.91. The summed E-state index contributed by atoms with van der Waals surface area (Å²) < 4.78 is 5.93. The van der Waals surface area contributed by atoms with Crippen molar-refractivity contribution in [2.45, 2.75) is 71.3 Å². The first-order chi connectivity index (χ1) is 8.33. The lowest BCUT2D eigenvalue weighted by Crippen LogP contribution is -2.29. The van der Waals surface area contributed by atoms with Crippen molar-refractivity contribution in [2.24, 2.45) is 5.92 Å². The summed E-state index contributed by atoms with van der Waals surface area (Å²) >= 11 is 0. The first kappa shape index (κ1) is 15.0. The predicted octanol–water partition coefficient (Wildman–Crippen LogP) is 3.75. The van der Waals surface area contributed by atoms with Gasteiger partial charge in [-0.3, -0.25) is 0 Å². The molecule has 2 heteroatoms. The second-order valence-electron chi connectivity index (χ2n) is 5.56. The summed E-state index contributed by atoms with van der Waals surface area (Å²) in [4.78, 5) is 0. The lowest BCUT2D eigenvalue weighted by molar-refractivity contribution is 0.0315. The van der Waals surface area contributed by atoms with Crippen LogP contribution < -0.4 is 5.32 Å². The van der Waals surface area contributed by atoms with Crippen LogP contribution in [-0.2, 0) is 4.74 Å². The third-order valence-corrected chi connectivity index (χ3v) is 3.73. The van der Waals surface area contributed by atoms with E-state index in [-0.39, 0.29) is 0 Å². The fraction of sp³-hybridized carbons (Fsp3) is 1.00. The molecule has 17 heavy (non-hydrogen) atoms. The van der Waals surface area contributed by atoms with E-state index in [4.69, 9.17) is 4.74 Å². The van der Waals surface area contributed by atoms with Crippen molar-refractivity contribution in [1.29, 1.82) is 0 Å². The summed E-state index contributed by atoms with van der Waals surface area (Å²) in [7, 11) is 0. The molecule has 2 nitrogen and oxygen atoms in total. The minimum atomic E-state index is 0.374. The molecule has 1 N–H and O–H groups in total. The molecule has 1 rings (SSSR count). The molecule has 0 aromatic rings. The van der Waals surface area contributed by atoms with Gasteiger partial charge in [0.05, 0.1) is 6.10 Å². The third kappa shape index (κ3) is 7.77. The molecule has 1 fully saturated rings. The maximum absolute atomic E-state index is 5.93. The Labute approximate surface area is 108 Å². The summed E-state index contributed by atoms with van der Waals surface area (Å²) in [5, 5.41) is 3.48. The van der Waals surface area contributed by atoms with Crippen molar-refractivity contribution in [3.8, 4) is 0 Å². The average Bonchev–Trinajstić information content (AvgIpc) is 2.37. The van der Waals surface area contributed by atoms with Gasteiger partial charge in [-0.15, -0.1) is 0 Å². The SMILES string of the molecule is CCCCCNCC(C)OCC1CCCCC1. The molecule has 0 spiro atoms. The first-order valence-electron chi connectivity index (χ1n) is 7.65. The van der Waals surface area contributed by atoms with Gasteiger partial charge in [-0.2, -0.15) is 0 Å². The second kappa shape index (κ2) is 9.90. The van der Waals surface area contributed by atoms with Gasteiger partial charge < -0.3 is 10.1 Å². The van der Waals surface area contributed by atoms with Gasteiger partial charge in [0.1, 0.15) is 0 Å². The fourth-order valence-corrected chi connectivity index (χ4v) is 2.52. The van der Waals surface area contributed by atoms with Crippen molar-refractivity contribution in [1.82, 2.24) is 5.32 Å². The van der Waals surface area contributed by atoms with Crippen LogP contribution >= 0.6 is 0 Å². The van der Waals surface area contributed by atoms with Gasteiger partial charge in [0.15, 0.2) is 0 Å². The molecular formula is C15H31NO. The van der Waals surface area contributed by atoms with Crippen LogP contribution in [0.15, 0.2) is 0 Å². The smallest absolute Gasteiger partial charge is 0.0671 e. The molecule has 1 aliphatic carbocycles. The normalized spacial score (nSPS) is 19.4. The molecule has 0 saturated heterocycles. The number of hydrogen-bond acceptors (Lipinski definition) is 2. The van der Waals surface area contributed by atoms with Gasteiger partial charge in [0.2, 0.25) is 0 Å². The van der Waals surface area contributed by atoms with Crippen LogP contribution in [-0.4, -0.2) is 25.8 Å². The van der Waals surface area contributed by atoms with Crippen LogP contribution in [0.5, 0.6) is 0 Å². The van der Waals surface area contributed by atoms with Gasteiger partial charge >= 0.3 is 0 Å². The second-order valence-corrected chi connectivity index (χ2v) is 5.56. The summed E-state index contributed by atoms with van der Waals surface area (Å²) in [6, 6.07) is 0. The van der Waals surface area contributed by atoms with Crippen LogP contribution in [0.4, 0.5) is 0 Å². The van der Waals surface area contributed by atoms with Gasteiger partial charge in [-0.25, -0.2) is 0 Å². The zero-order chi connectivity index (χ0) is 12.3. The molecule has 1 saturated carbocycles. The summed E-state index contributed by atoms with van der Waals surface area (Å²) in [5.41, 5.74) is 0. The number of nitrogens with one attached hydrogen (secondary N) is 1. The highest BCUT2D eigenvalue weighted by Crippen LogP contribution is 2.23. The topological polar surface area (TPSA) is 21.3 Å². The highest BCUT2D eigenvalue weighted by molar-refractivity contribution is 4.66. The van der Waals surface area contributed by atoms with E-state index in [0.717, 1.165) is 25.6 Å². The van der Waals surface area contributed by atoms with Crippen LogP contribution in [0.3, 0.4) is 0 Å². The van der Waals surface area contributed by atoms with Gasteiger partial charge in [-0.1, -0.05) is 39.0 Å². The molecule has 0 aromatic heterocycles. The van der Waals surface area contributed by atoms with Crippen LogP contribution in [0.25, 0.3) is 0 Å². The minimum absolute atomic E-state index is 0.374. The zero-order valence-electron chi connectivity index (χ0n) is 11.8. The Kier molecular flexibility index (Phi) is 8.72. The number of ether oxygens (including phenoxy) is 1. The van der Waals surface area contributed by atoms with E-state index in [0.29, 0.717) is 6.10 Å². The standard InChI is InChI=1S/C15H31NO/c1-3-4-8-11-16-12-14(2)17-13-15-9-6-5-7-10-15/h14-16H,3-13H2,1-2H3. The lowest BCUT2D eigenvalue weighted by atomic mass is 9.90.